The van der Waals surface area contributed by atoms with Crippen molar-refractivity contribution in [2.75, 3.05) is 19.6 Å². The number of methoxy groups -OCH3 is 1. The van der Waals surface area contributed by atoms with Gasteiger partial charge in [0.1, 0.15) is 11.6 Å². The van der Waals surface area contributed by atoms with Crippen LogP contribution in [0.15, 0.2) is 18.2 Å². The Labute approximate surface area is 91.8 Å². The van der Waals surface area contributed by atoms with Gasteiger partial charge < -0.3 is 4.74 Å². The number of halogens is 2. The summed E-state index contributed by atoms with van der Waals surface area (Å²) >= 11 is 3.33. The molecule has 0 amide bonds. The summed E-state index contributed by atoms with van der Waals surface area (Å²) in [7, 11) is 3.53. The minimum Gasteiger partial charge on any atom is -0.496 e. The molecule has 78 valence electrons. The molecule has 0 heterocycles. The Hall–Kier alpha value is -0.610. The molecule has 1 aromatic rings. The number of nitrogens with zero attached hydrogens (tertiary/aromatic N) is 1. The van der Waals surface area contributed by atoms with Gasteiger partial charge in [0.05, 0.1) is 12.6 Å². The molecule has 0 aliphatic rings. The normalized spacial score (nSPS) is 10.6. The van der Waals surface area contributed by atoms with Crippen LogP contribution in [0.25, 0.3) is 0 Å². The molecule has 0 saturated heterocycles. The van der Waals surface area contributed by atoms with Crippen molar-refractivity contribution < 1.29 is 9.13 Å². The summed E-state index contributed by atoms with van der Waals surface area (Å²) in [6.07, 6.45) is 0. The molecule has 0 aliphatic heterocycles. The molecule has 14 heavy (non-hydrogen) atoms. The zero-order chi connectivity index (χ0) is 10.6. The van der Waals surface area contributed by atoms with Crippen LogP contribution in [-0.4, -0.2) is 24.5 Å². The number of hydrogen-bond acceptors (Lipinski definition) is 2. The monoisotopic (exact) mass is 261 g/mol. The van der Waals surface area contributed by atoms with Crippen molar-refractivity contribution in [1.29, 1.82) is 0 Å². The highest BCUT2D eigenvalue weighted by atomic mass is 79.9. The Bertz CT molecular complexity index is 306. The fraction of sp³-hybridized carbons (Fsp3) is 0.400. The van der Waals surface area contributed by atoms with Crippen LogP contribution in [-0.2, 0) is 6.54 Å². The van der Waals surface area contributed by atoms with Gasteiger partial charge in [-0.25, -0.2) is 4.39 Å². The first-order valence-electron chi connectivity index (χ1n) is 4.24. The third-order valence-electron chi connectivity index (χ3n) is 1.89. The lowest BCUT2D eigenvalue weighted by Crippen LogP contribution is -2.15. The summed E-state index contributed by atoms with van der Waals surface area (Å²) in [6.45, 7) is 0.659. The summed E-state index contributed by atoms with van der Waals surface area (Å²) in [5.74, 6) is 0.489. The van der Waals surface area contributed by atoms with Gasteiger partial charge in [0.25, 0.3) is 0 Å². The topological polar surface area (TPSA) is 12.5 Å². The minimum atomic E-state index is -0.233. The molecule has 0 bridgehead atoms. The maximum absolute atomic E-state index is 13.0. The minimum absolute atomic E-state index is 0.233. The Morgan fingerprint density at radius 3 is 2.79 bits per heavy atom. The number of alkyl halides is 1. The average molecular weight is 262 g/mol. The van der Waals surface area contributed by atoms with E-state index in [9.17, 15) is 4.39 Å². The molecule has 4 heteroatoms. The van der Waals surface area contributed by atoms with Gasteiger partial charge in [-0.1, -0.05) is 15.9 Å². The zero-order valence-electron chi connectivity index (χ0n) is 8.26. The van der Waals surface area contributed by atoms with Gasteiger partial charge in [0, 0.05) is 12.1 Å². The molecule has 0 spiro atoms. The summed E-state index contributed by atoms with van der Waals surface area (Å²) in [5.41, 5.74) is 1.60. The van der Waals surface area contributed by atoms with Crippen LogP contribution in [0.2, 0.25) is 0 Å². The predicted molar refractivity (Wildman–Crippen MR) is 58.2 cm³/mol. The third-order valence-corrected chi connectivity index (χ3v) is 2.74. The Morgan fingerprint density at radius 1 is 1.50 bits per heavy atom. The molecule has 0 atom stereocenters. The fourth-order valence-corrected chi connectivity index (χ4v) is 1.38. The van der Waals surface area contributed by atoms with Gasteiger partial charge >= 0.3 is 0 Å². The SMILES string of the molecule is COc1ccc(F)cc1CN(C)CBr. The van der Waals surface area contributed by atoms with Crippen molar-refractivity contribution in [3.8, 4) is 5.75 Å². The standard InChI is InChI=1S/C10H13BrFNO/c1-13(7-11)6-8-5-9(12)3-4-10(8)14-2/h3-5H,6-7H2,1-2H3. The van der Waals surface area contributed by atoms with E-state index in [1.54, 1.807) is 13.2 Å². The van der Waals surface area contributed by atoms with Crippen LogP contribution in [0.1, 0.15) is 5.56 Å². The summed E-state index contributed by atoms with van der Waals surface area (Å²) in [4.78, 5) is 2.01. The van der Waals surface area contributed by atoms with Crippen LogP contribution in [0.4, 0.5) is 4.39 Å². The Morgan fingerprint density at radius 2 is 2.21 bits per heavy atom. The highest BCUT2D eigenvalue weighted by Crippen LogP contribution is 2.20. The van der Waals surface area contributed by atoms with E-state index in [1.807, 2.05) is 11.9 Å². The predicted octanol–water partition coefficient (Wildman–Crippen LogP) is 2.62. The highest BCUT2D eigenvalue weighted by molar-refractivity contribution is 9.09. The quantitative estimate of drug-likeness (QED) is 0.611. The van der Waals surface area contributed by atoms with Crippen molar-refractivity contribution >= 4 is 15.9 Å². The third kappa shape index (κ3) is 2.96. The molecule has 0 saturated carbocycles. The van der Waals surface area contributed by atoms with E-state index in [1.165, 1.54) is 12.1 Å². The molecule has 0 aliphatic carbocycles. The van der Waals surface area contributed by atoms with Crippen LogP contribution >= 0.6 is 15.9 Å². The lowest BCUT2D eigenvalue weighted by molar-refractivity contribution is 0.363. The molecule has 0 unspecified atom stereocenters. The Kier molecular flexibility index (Phi) is 4.35. The number of rotatable bonds is 4. The van der Waals surface area contributed by atoms with Crippen LogP contribution < -0.4 is 4.74 Å². The summed E-state index contributed by atoms with van der Waals surface area (Å²) in [5, 5.41) is 0. The van der Waals surface area contributed by atoms with Crippen molar-refractivity contribution in [3.63, 3.8) is 0 Å². The van der Waals surface area contributed by atoms with E-state index in [4.69, 9.17) is 4.74 Å². The van der Waals surface area contributed by atoms with Gasteiger partial charge in [0.15, 0.2) is 0 Å². The lowest BCUT2D eigenvalue weighted by atomic mass is 10.2. The number of ether oxygens (including phenoxy) is 1. The summed E-state index contributed by atoms with van der Waals surface area (Å²) in [6, 6.07) is 4.54. The van der Waals surface area contributed by atoms with E-state index in [-0.39, 0.29) is 5.82 Å². The van der Waals surface area contributed by atoms with Gasteiger partial charge in [-0.15, -0.1) is 0 Å². The van der Waals surface area contributed by atoms with Gasteiger partial charge in [-0.2, -0.15) is 0 Å². The summed E-state index contributed by atoms with van der Waals surface area (Å²) < 4.78 is 18.1. The molecule has 0 radical (unpaired) electrons. The smallest absolute Gasteiger partial charge is 0.123 e. The second-order valence-electron chi connectivity index (χ2n) is 3.09. The lowest BCUT2D eigenvalue weighted by Gasteiger charge is -2.15. The maximum Gasteiger partial charge on any atom is 0.123 e. The van der Waals surface area contributed by atoms with E-state index in [0.29, 0.717) is 6.54 Å². The molecule has 2 nitrogen and oxygen atoms in total. The first-order valence-corrected chi connectivity index (χ1v) is 5.36. The molecular formula is C10H13BrFNO. The number of hydrogen-bond donors (Lipinski definition) is 0. The fourth-order valence-electron chi connectivity index (χ4n) is 1.20. The van der Waals surface area contributed by atoms with Crippen molar-refractivity contribution in [2.24, 2.45) is 0 Å². The molecule has 1 rings (SSSR count). The van der Waals surface area contributed by atoms with Crippen LogP contribution in [0.5, 0.6) is 5.75 Å². The van der Waals surface area contributed by atoms with Crippen LogP contribution in [0.3, 0.4) is 0 Å². The first-order chi connectivity index (χ1) is 6.67. The maximum atomic E-state index is 13.0. The van der Waals surface area contributed by atoms with Crippen LogP contribution in [0, 0.1) is 5.82 Å². The largest absolute Gasteiger partial charge is 0.496 e. The van der Waals surface area contributed by atoms with E-state index in [0.717, 1.165) is 16.8 Å². The molecule has 1 aromatic carbocycles. The molecule has 0 aromatic heterocycles. The second-order valence-corrected chi connectivity index (χ2v) is 3.59. The van der Waals surface area contributed by atoms with Crippen molar-refractivity contribution in [3.05, 3.63) is 29.6 Å². The second kappa shape index (κ2) is 5.32. The molecule has 0 fully saturated rings. The molecule has 0 N–H and O–H groups in total. The Balaban J connectivity index is 2.87. The van der Waals surface area contributed by atoms with E-state index < -0.39 is 0 Å². The van der Waals surface area contributed by atoms with E-state index >= 15 is 0 Å². The highest BCUT2D eigenvalue weighted by Gasteiger charge is 2.06. The molecular weight excluding hydrogens is 249 g/mol. The first kappa shape index (κ1) is 11.5. The van der Waals surface area contributed by atoms with E-state index in [2.05, 4.69) is 15.9 Å². The van der Waals surface area contributed by atoms with Crippen molar-refractivity contribution in [2.45, 2.75) is 6.54 Å². The van der Waals surface area contributed by atoms with Gasteiger partial charge in [-0.05, 0) is 25.2 Å². The average Bonchev–Trinajstić information content (AvgIpc) is 2.18. The van der Waals surface area contributed by atoms with Crippen molar-refractivity contribution in [1.82, 2.24) is 4.90 Å². The zero-order valence-corrected chi connectivity index (χ0v) is 9.84. The van der Waals surface area contributed by atoms with Gasteiger partial charge in [0.2, 0.25) is 0 Å². The number of benzene rings is 1. The van der Waals surface area contributed by atoms with Gasteiger partial charge in [-0.3, -0.25) is 4.90 Å².